The fraction of sp³-hybridized carbons (Fsp3) is 0.414. The van der Waals surface area contributed by atoms with Crippen molar-refractivity contribution in [1.29, 1.82) is 0 Å². The maximum absolute atomic E-state index is 15.6. The molecular weight excluding hydrogens is 562 g/mol. The number of anilines is 1. The van der Waals surface area contributed by atoms with Gasteiger partial charge in [-0.25, -0.2) is 9.37 Å². The predicted molar refractivity (Wildman–Crippen MR) is 150 cm³/mol. The molecule has 3 heterocycles. The molecular formula is C29H32ClF4N5O2. The maximum atomic E-state index is 15.6. The smallest absolute Gasteiger partial charge is 0.416 e. The van der Waals surface area contributed by atoms with Crippen molar-refractivity contribution >= 4 is 23.2 Å². The van der Waals surface area contributed by atoms with Crippen molar-refractivity contribution in [2.75, 3.05) is 51.8 Å². The molecule has 0 saturated carbocycles. The molecule has 0 unspecified atom stereocenters. The van der Waals surface area contributed by atoms with Crippen molar-refractivity contribution in [3.63, 3.8) is 0 Å². The van der Waals surface area contributed by atoms with Crippen LogP contribution in [-0.4, -0.2) is 67.7 Å². The molecule has 220 valence electrons. The van der Waals surface area contributed by atoms with E-state index >= 15 is 4.39 Å². The molecule has 2 aromatic heterocycles. The number of nitrogens with one attached hydrogen (secondary N) is 1. The van der Waals surface area contributed by atoms with Crippen LogP contribution in [0.5, 0.6) is 5.88 Å². The Labute approximate surface area is 241 Å². The Bertz CT molecular complexity index is 1380. The van der Waals surface area contributed by atoms with Crippen LogP contribution in [0, 0.1) is 5.82 Å². The zero-order valence-corrected chi connectivity index (χ0v) is 23.8. The molecule has 1 saturated heterocycles. The van der Waals surface area contributed by atoms with Gasteiger partial charge in [0.2, 0.25) is 11.8 Å². The maximum Gasteiger partial charge on any atom is 0.416 e. The molecule has 1 amide bonds. The molecule has 1 aliphatic rings. The lowest BCUT2D eigenvalue weighted by Crippen LogP contribution is -2.52. The number of aromatic nitrogens is 2. The van der Waals surface area contributed by atoms with Crippen molar-refractivity contribution in [3.8, 4) is 17.1 Å². The lowest BCUT2D eigenvalue weighted by Gasteiger charge is -2.42. The first-order chi connectivity index (χ1) is 19.5. The number of hydrogen-bond donors (Lipinski definition) is 1. The Balaban J connectivity index is 1.65. The Kier molecular flexibility index (Phi) is 9.38. The fourth-order valence-electron chi connectivity index (χ4n) is 5.00. The highest BCUT2D eigenvalue weighted by Gasteiger charge is 2.44. The second kappa shape index (κ2) is 12.6. The number of benzene rings is 1. The molecule has 4 rings (SSSR count). The summed E-state index contributed by atoms with van der Waals surface area (Å²) < 4.78 is 60.6. The zero-order valence-electron chi connectivity index (χ0n) is 23.1. The summed E-state index contributed by atoms with van der Waals surface area (Å²) in [4.78, 5) is 26.0. The molecule has 1 aromatic carbocycles. The first-order valence-corrected chi connectivity index (χ1v) is 13.6. The Morgan fingerprint density at radius 1 is 1.17 bits per heavy atom. The number of amides is 1. The van der Waals surface area contributed by atoms with Crippen LogP contribution in [0.25, 0.3) is 11.3 Å². The van der Waals surface area contributed by atoms with Crippen molar-refractivity contribution < 1.29 is 27.1 Å². The van der Waals surface area contributed by atoms with Gasteiger partial charge >= 0.3 is 6.18 Å². The van der Waals surface area contributed by atoms with Crippen molar-refractivity contribution in [1.82, 2.24) is 20.2 Å². The summed E-state index contributed by atoms with van der Waals surface area (Å²) in [6.07, 6.45) is -0.907. The zero-order chi connectivity index (χ0) is 29.8. The van der Waals surface area contributed by atoms with Crippen molar-refractivity contribution in [2.45, 2.75) is 31.4 Å². The summed E-state index contributed by atoms with van der Waals surface area (Å²) in [6, 6.07) is 7.89. The normalized spacial score (nSPS) is 15.2. The molecule has 0 atom stereocenters. The number of rotatable bonds is 9. The van der Waals surface area contributed by atoms with Gasteiger partial charge in [0.1, 0.15) is 11.5 Å². The monoisotopic (exact) mass is 593 g/mol. The highest BCUT2D eigenvalue weighted by molar-refractivity contribution is 6.33. The number of ether oxygens (including phenoxy) is 1. The van der Waals surface area contributed by atoms with E-state index in [0.717, 1.165) is 12.1 Å². The minimum absolute atomic E-state index is 0.0265. The largest absolute Gasteiger partial charge is 0.477 e. The molecule has 0 aliphatic carbocycles. The number of carbonyl (C=O) groups is 1. The molecule has 0 radical (unpaired) electrons. The van der Waals surface area contributed by atoms with Crippen LogP contribution in [0.3, 0.4) is 0 Å². The Morgan fingerprint density at radius 2 is 1.90 bits per heavy atom. The molecule has 12 heteroatoms. The number of pyridine rings is 2. The summed E-state index contributed by atoms with van der Waals surface area (Å²) >= 11 is 6.25. The third-order valence-corrected chi connectivity index (χ3v) is 7.52. The second-order valence-corrected chi connectivity index (χ2v) is 10.5. The van der Waals surface area contributed by atoms with Crippen LogP contribution in [0.4, 0.5) is 23.2 Å². The molecule has 1 fully saturated rings. The average Bonchev–Trinajstić information content (AvgIpc) is 2.93. The summed E-state index contributed by atoms with van der Waals surface area (Å²) in [7, 11) is 3.78. The number of carbonyl (C=O) groups excluding carboxylic acids is 1. The van der Waals surface area contributed by atoms with Gasteiger partial charge in [0, 0.05) is 38.6 Å². The van der Waals surface area contributed by atoms with Gasteiger partial charge in [0.15, 0.2) is 0 Å². The van der Waals surface area contributed by atoms with Crippen LogP contribution in [0.2, 0.25) is 5.02 Å². The molecule has 7 nitrogen and oxygen atoms in total. The van der Waals surface area contributed by atoms with Crippen LogP contribution in [0.15, 0.2) is 48.8 Å². The van der Waals surface area contributed by atoms with Gasteiger partial charge in [-0.1, -0.05) is 11.6 Å². The van der Waals surface area contributed by atoms with Gasteiger partial charge < -0.3 is 19.9 Å². The number of piperidine rings is 1. The van der Waals surface area contributed by atoms with Gasteiger partial charge in [0.25, 0.3) is 0 Å². The van der Waals surface area contributed by atoms with Crippen molar-refractivity contribution in [3.05, 3.63) is 70.8 Å². The van der Waals surface area contributed by atoms with E-state index in [-0.39, 0.29) is 35.3 Å². The Morgan fingerprint density at radius 3 is 2.51 bits per heavy atom. The standard InChI is InChI=1S/C29H32ClF4N5O2/c1-4-41-26-21(6-5-11-35-26)25-23(31)17-20(18-37-25)28(27(40)36-12-15-38(2)3)9-13-39(14-10-28)24-8-7-19(16-22(24)30)29(32,33)34/h5-8,11,16-18H,4,9-10,12-15H2,1-3H3,(H,36,40). The number of likely N-dealkylation sites (N-methyl/N-ethyl adjacent to an activating group) is 1. The molecule has 3 aromatic rings. The van der Waals surface area contributed by atoms with Crippen LogP contribution >= 0.6 is 11.6 Å². The SMILES string of the molecule is CCOc1ncccc1-c1ncc(C2(C(=O)NCCN(C)C)CCN(c3ccc(C(F)(F)F)cc3Cl)CC2)cc1F. The Hall–Kier alpha value is -3.44. The van der Waals surface area contributed by atoms with Gasteiger partial charge in [0.05, 0.1) is 33.9 Å². The van der Waals surface area contributed by atoms with E-state index in [0.29, 0.717) is 49.6 Å². The third kappa shape index (κ3) is 6.73. The quantitative estimate of drug-likeness (QED) is 0.327. The summed E-state index contributed by atoms with van der Waals surface area (Å²) in [5, 5.41) is 2.95. The minimum Gasteiger partial charge on any atom is -0.477 e. The molecule has 41 heavy (non-hydrogen) atoms. The van der Waals surface area contributed by atoms with Gasteiger partial charge in [-0.15, -0.1) is 0 Å². The molecule has 0 bridgehead atoms. The second-order valence-electron chi connectivity index (χ2n) is 10.1. The van der Waals surface area contributed by atoms with E-state index in [1.807, 2.05) is 23.9 Å². The van der Waals surface area contributed by atoms with Crippen LogP contribution in [0.1, 0.15) is 30.9 Å². The van der Waals surface area contributed by atoms with Gasteiger partial charge in [-0.3, -0.25) is 9.78 Å². The highest BCUT2D eigenvalue weighted by atomic mass is 35.5. The van der Waals surface area contributed by atoms with E-state index in [1.165, 1.54) is 18.3 Å². The third-order valence-electron chi connectivity index (χ3n) is 7.21. The number of hydrogen-bond acceptors (Lipinski definition) is 6. The lowest BCUT2D eigenvalue weighted by molar-refractivity contribution is -0.137. The van der Waals surface area contributed by atoms with Crippen LogP contribution < -0.4 is 15.0 Å². The summed E-state index contributed by atoms with van der Waals surface area (Å²) in [5.74, 6) is -0.625. The van der Waals surface area contributed by atoms with E-state index in [1.54, 1.807) is 25.3 Å². The number of alkyl halides is 3. The molecule has 1 N–H and O–H groups in total. The molecule has 0 spiro atoms. The van der Waals surface area contributed by atoms with E-state index in [4.69, 9.17) is 16.3 Å². The summed E-state index contributed by atoms with van der Waals surface area (Å²) in [6.45, 7) is 3.78. The fourth-order valence-corrected chi connectivity index (χ4v) is 5.30. The van der Waals surface area contributed by atoms with Gasteiger partial charge in [-0.2, -0.15) is 13.2 Å². The number of halogens is 5. The predicted octanol–water partition coefficient (Wildman–Crippen LogP) is 5.57. The van der Waals surface area contributed by atoms with Crippen molar-refractivity contribution in [2.24, 2.45) is 0 Å². The highest BCUT2D eigenvalue weighted by Crippen LogP contribution is 2.41. The minimum atomic E-state index is -4.51. The number of nitrogens with zero attached hydrogens (tertiary/aromatic N) is 4. The van der Waals surface area contributed by atoms with E-state index < -0.39 is 23.0 Å². The average molecular weight is 594 g/mol. The van der Waals surface area contributed by atoms with Gasteiger partial charge in [-0.05, 0) is 75.8 Å². The lowest BCUT2D eigenvalue weighted by atomic mass is 9.72. The van der Waals surface area contributed by atoms with E-state index in [2.05, 4.69) is 15.3 Å². The first kappa shape index (κ1) is 30.5. The first-order valence-electron chi connectivity index (χ1n) is 13.2. The van der Waals surface area contributed by atoms with Crippen LogP contribution in [-0.2, 0) is 16.4 Å². The summed E-state index contributed by atoms with van der Waals surface area (Å²) in [5.41, 5.74) is -0.620. The van der Waals surface area contributed by atoms with E-state index in [9.17, 15) is 18.0 Å². The topological polar surface area (TPSA) is 70.6 Å². The molecule has 1 aliphatic heterocycles.